The van der Waals surface area contributed by atoms with E-state index in [0.717, 1.165) is 25.3 Å². The second kappa shape index (κ2) is 6.48. The van der Waals surface area contributed by atoms with Gasteiger partial charge in [-0.2, -0.15) is 4.98 Å². The molecule has 0 amide bonds. The molecule has 0 N–H and O–H groups in total. The van der Waals surface area contributed by atoms with Gasteiger partial charge in [-0.05, 0) is 24.6 Å². The Hall–Kier alpha value is -1.68. The summed E-state index contributed by atoms with van der Waals surface area (Å²) in [6.45, 7) is 8.89. The van der Waals surface area contributed by atoms with Crippen LogP contribution in [-0.2, 0) is 19.5 Å². The van der Waals surface area contributed by atoms with Gasteiger partial charge in [0.2, 0.25) is 5.89 Å². The summed E-state index contributed by atoms with van der Waals surface area (Å²) in [5.41, 5.74) is 2.67. The molecule has 102 valence electrons. The lowest BCUT2D eigenvalue weighted by Gasteiger charge is -2.19. The molecule has 0 aliphatic heterocycles. The fourth-order valence-corrected chi connectivity index (χ4v) is 2.00. The van der Waals surface area contributed by atoms with E-state index >= 15 is 0 Å². The van der Waals surface area contributed by atoms with E-state index < -0.39 is 0 Å². The van der Waals surface area contributed by atoms with Gasteiger partial charge in [-0.25, -0.2) is 0 Å². The summed E-state index contributed by atoms with van der Waals surface area (Å²) in [7, 11) is 0. The first-order chi connectivity index (χ1) is 9.22. The van der Waals surface area contributed by atoms with Crippen molar-refractivity contribution < 1.29 is 4.52 Å². The van der Waals surface area contributed by atoms with Gasteiger partial charge in [-0.3, -0.25) is 4.90 Å². The van der Waals surface area contributed by atoms with Crippen molar-refractivity contribution in [1.29, 1.82) is 0 Å². The maximum absolute atomic E-state index is 5.25. The molecule has 0 spiro atoms. The highest BCUT2D eigenvalue weighted by atomic mass is 16.5. The average Bonchev–Trinajstić information content (AvgIpc) is 2.88. The van der Waals surface area contributed by atoms with Crippen molar-refractivity contribution in [1.82, 2.24) is 15.0 Å². The molecule has 0 aliphatic rings. The van der Waals surface area contributed by atoms with Crippen molar-refractivity contribution in [3.05, 3.63) is 47.1 Å². The Morgan fingerprint density at radius 1 is 1.16 bits per heavy atom. The Labute approximate surface area is 114 Å². The van der Waals surface area contributed by atoms with Crippen LogP contribution in [0, 0.1) is 6.92 Å². The fraction of sp³-hybridized carbons (Fsp3) is 0.467. The number of aromatic nitrogens is 2. The number of rotatable bonds is 6. The molecule has 0 radical (unpaired) electrons. The zero-order chi connectivity index (χ0) is 13.7. The zero-order valence-corrected chi connectivity index (χ0v) is 11.9. The number of hydrogen-bond acceptors (Lipinski definition) is 4. The van der Waals surface area contributed by atoms with Crippen LogP contribution in [0.1, 0.15) is 36.7 Å². The Morgan fingerprint density at radius 3 is 2.58 bits per heavy atom. The van der Waals surface area contributed by atoms with Crippen LogP contribution in [0.4, 0.5) is 0 Å². The first kappa shape index (κ1) is 13.7. The molecule has 0 fully saturated rings. The molecule has 0 saturated heterocycles. The molecule has 1 heterocycles. The van der Waals surface area contributed by atoms with Crippen LogP contribution in [0.3, 0.4) is 0 Å². The Bertz CT molecular complexity index is 522. The minimum absolute atomic E-state index is 0.701. The lowest BCUT2D eigenvalue weighted by molar-refractivity contribution is 0.228. The number of hydrogen-bond donors (Lipinski definition) is 0. The van der Waals surface area contributed by atoms with Crippen LogP contribution in [0.5, 0.6) is 0 Å². The normalized spacial score (nSPS) is 11.2. The van der Waals surface area contributed by atoms with Crippen LogP contribution < -0.4 is 0 Å². The molecule has 4 heteroatoms. The van der Waals surface area contributed by atoms with E-state index in [1.54, 1.807) is 0 Å². The van der Waals surface area contributed by atoms with Gasteiger partial charge in [0.05, 0.1) is 6.54 Å². The van der Waals surface area contributed by atoms with Crippen molar-refractivity contribution in [2.24, 2.45) is 0 Å². The summed E-state index contributed by atoms with van der Waals surface area (Å²) in [6.07, 6.45) is 0.813. The number of nitrogens with zero attached hydrogens (tertiary/aromatic N) is 3. The van der Waals surface area contributed by atoms with Crippen molar-refractivity contribution in [3.8, 4) is 0 Å². The third kappa shape index (κ3) is 3.64. The Morgan fingerprint density at radius 2 is 1.95 bits per heavy atom. The molecule has 0 bridgehead atoms. The quantitative estimate of drug-likeness (QED) is 0.800. The molecule has 4 nitrogen and oxygen atoms in total. The molecule has 0 aliphatic carbocycles. The van der Waals surface area contributed by atoms with Crippen molar-refractivity contribution in [2.75, 3.05) is 6.54 Å². The fourth-order valence-electron chi connectivity index (χ4n) is 2.00. The van der Waals surface area contributed by atoms with Gasteiger partial charge in [-0.15, -0.1) is 0 Å². The van der Waals surface area contributed by atoms with Crippen LogP contribution in [0.15, 0.2) is 28.8 Å². The van der Waals surface area contributed by atoms with Crippen LogP contribution in [0.25, 0.3) is 0 Å². The van der Waals surface area contributed by atoms with E-state index in [1.165, 1.54) is 11.1 Å². The molecule has 1 aromatic carbocycles. The maximum Gasteiger partial charge on any atom is 0.240 e. The van der Waals surface area contributed by atoms with Gasteiger partial charge in [0, 0.05) is 13.0 Å². The summed E-state index contributed by atoms with van der Waals surface area (Å²) >= 11 is 0. The molecule has 0 atom stereocenters. The Balaban J connectivity index is 2.02. The van der Waals surface area contributed by atoms with E-state index in [1.807, 2.05) is 6.92 Å². The second-order valence-corrected chi connectivity index (χ2v) is 4.69. The summed E-state index contributed by atoms with van der Waals surface area (Å²) in [4.78, 5) is 6.66. The van der Waals surface area contributed by atoms with Gasteiger partial charge >= 0.3 is 0 Å². The van der Waals surface area contributed by atoms with E-state index in [2.05, 4.69) is 53.2 Å². The van der Waals surface area contributed by atoms with Crippen LogP contribution in [-0.4, -0.2) is 21.6 Å². The van der Waals surface area contributed by atoms with Gasteiger partial charge < -0.3 is 4.52 Å². The van der Waals surface area contributed by atoms with Gasteiger partial charge in [-0.1, -0.05) is 43.3 Å². The maximum atomic E-state index is 5.25. The highest BCUT2D eigenvalue weighted by Crippen LogP contribution is 2.12. The summed E-state index contributed by atoms with van der Waals surface area (Å²) in [6, 6.07) is 8.47. The predicted molar refractivity (Wildman–Crippen MR) is 74.6 cm³/mol. The van der Waals surface area contributed by atoms with Crippen LogP contribution >= 0.6 is 0 Å². The third-order valence-corrected chi connectivity index (χ3v) is 3.29. The molecule has 2 aromatic rings. The van der Waals surface area contributed by atoms with E-state index in [9.17, 15) is 0 Å². The summed E-state index contributed by atoms with van der Waals surface area (Å²) < 4.78 is 5.25. The minimum Gasteiger partial charge on any atom is -0.338 e. The molecule has 2 rings (SSSR count). The Kier molecular flexibility index (Phi) is 4.68. The smallest absolute Gasteiger partial charge is 0.240 e. The van der Waals surface area contributed by atoms with Crippen molar-refractivity contribution >= 4 is 0 Å². The first-order valence-corrected chi connectivity index (χ1v) is 6.81. The minimum atomic E-state index is 0.701. The van der Waals surface area contributed by atoms with Crippen molar-refractivity contribution in [2.45, 2.75) is 40.3 Å². The lowest BCUT2D eigenvalue weighted by Crippen LogP contribution is -2.23. The summed E-state index contributed by atoms with van der Waals surface area (Å²) in [5, 5.41) is 3.93. The molecule has 0 unspecified atom stereocenters. The largest absolute Gasteiger partial charge is 0.338 e. The van der Waals surface area contributed by atoms with Gasteiger partial charge in [0.25, 0.3) is 0 Å². The first-order valence-electron chi connectivity index (χ1n) is 6.81. The molecule has 1 aromatic heterocycles. The van der Waals surface area contributed by atoms with E-state index in [0.29, 0.717) is 12.4 Å². The molecule has 19 heavy (non-hydrogen) atoms. The molecular formula is C15H21N3O. The SMILES string of the molecule is CCc1noc(CN(CC)Cc2ccccc2C)n1. The summed E-state index contributed by atoms with van der Waals surface area (Å²) in [5.74, 6) is 1.48. The molecular weight excluding hydrogens is 238 g/mol. The number of benzene rings is 1. The third-order valence-electron chi connectivity index (χ3n) is 3.29. The second-order valence-electron chi connectivity index (χ2n) is 4.69. The monoisotopic (exact) mass is 259 g/mol. The highest BCUT2D eigenvalue weighted by Gasteiger charge is 2.11. The predicted octanol–water partition coefficient (Wildman–Crippen LogP) is 2.96. The van der Waals surface area contributed by atoms with Gasteiger partial charge in [0.1, 0.15) is 0 Å². The lowest BCUT2D eigenvalue weighted by atomic mass is 10.1. The van der Waals surface area contributed by atoms with Crippen LogP contribution in [0.2, 0.25) is 0 Å². The van der Waals surface area contributed by atoms with Gasteiger partial charge in [0.15, 0.2) is 5.82 Å². The number of aryl methyl sites for hydroxylation is 2. The van der Waals surface area contributed by atoms with Crippen molar-refractivity contribution in [3.63, 3.8) is 0 Å². The van der Waals surface area contributed by atoms with E-state index in [4.69, 9.17) is 4.52 Å². The molecule has 0 saturated carbocycles. The topological polar surface area (TPSA) is 42.2 Å². The van der Waals surface area contributed by atoms with E-state index in [-0.39, 0.29) is 0 Å². The zero-order valence-electron chi connectivity index (χ0n) is 11.9. The average molecular weight is 259 g/mol. The highest BCUT2D eigenvalue weighted by molar-refractivity contribution is 5.25. The standard InChI is InChI=1S/C15H21N3O/c1-4-14-16-15(19-17-14)11-18(5-2)10-13-9-7-6-8-12(13)3/h6-9H,4-5,10-11H2,1-3H3.